The number of hydrogen-bond acceptors (Lipinski definition) is 6. The third kappa shape index (κ3) is 4.25. The van der Waals surface area contributed by atoms with Crippen LogP contribution in [-0.4, -0.2) is 37.8 Å². The zero-order valence-corrected chi connectivity index (χ0v) is 18.3. The fourth-order valence-corrected chi connectivity index (χ4v) is 6.22. The molecule has 31 heavy (non-hydrogen) atoms. The fraction of sp³-hybridized carbons (Fsp3) is 0.182. The number of ether oxygens (including phenoxy) is 1. The number of rotatable bonds is 5. The van der Waals surface area contributed by atoms with Gasteiger partial charge in [-0.2, -0.15) is 4.31 Å². The maximum Gasteiger partial charge on any atom is 0.337 e. The van der Waals surface area contributed by atoms with Crippen molar-refractivity contribution < 1.29 is 22.7 Å². The molecule has 0 aliphatic carbocycles. The van der Waals surface area contributed by atoms with Gasteiger partial charge in [-0.1, -0.05) is 30.3 Å². The molecule has 2 aromatic carbocycles. The van der Waals surface area contributed by atoms with E-state index in [2.05, 4.69) is 10.1 Å². The molecule has 160 valence electrons. The average Bonchev–Trinajstić information content (AvgIpc) is 3.34. The number of fused-ring (bicyclic) bond motifs is 1. The summed E-state index contributed by atoms with van der Waals surface area (Å²) < 4.78 is 32.7. The lowest BCUT2D eigenvalue weighted by atomic mass is 9.95. The third-order valence-corrected chi connectivity index (χ3v) is 8.37. The van der Waals surface area contributed by atoms with E-state index in [1.165, 1.54) is 23.5 Å². The molecular weight excluding hydrogens is 436 g/mol. The molecule has 3 aromatic rings. The van der Waals surface area contributed by atoms with Gasteiger partial charge in [-0.25, -0.2) is 13.2 Å². The van der Waals surface area contributed by atoms with E-state index in [1.807, 2.05) is 24.3 Å². The molecule has 0 fully saturated rings. The first kappa shape index (κ1) is 21.2. The van der Waals surface area contributed by atoms with Crippen molar-refractivity contribution >= 4 is 38.9 Å². The molecule has 1 N–H and O–H groups in total. The van der Waals surface area contributed by atoms with Crippen molar-refractivity contribution in [2.24, 2.45) is 0 Å². The largest absolute Gasteiger partial charge is 0.465 e. The first-order valence-corrected chi connectivity index (χ1v) is 11.8. The molecule has 1 aliphatic rings. The molecule has 9 heteroatoms. The number of anilines is 1. The van der Waals surface area contributed by atoms with Crippen LogP contribution in [0.15, 0.2) is 70.3 Å². The van der Waals surface area contributed by atoms with Crippen LogP contribution < -0.4 is 5.32 Å². The van der Waals surface area contributed by atoms with E-state index in [0.717, 1.165) is 22.5 Å². The number of hydrogen-bond donors (Lipinski definition) is 1. The Morgan fingerprint density at radius 3 is 2.39 bits per heavy atom. The number of esters is 1. The van der Waals surface area contributed by atoms with Gasteiger partial charge >= 0.3 is 5.97 Å². The minimum Gasteiger partial charge on any atom is -0.465 e. The highest BCUT2D eigenvalue weighted by Gasteiger charge is 2.40. The summed E-state index contributed by atoms with van der Waals surface area (Å²) in [6.45, 7) is 0.121. The van der Waals surface area contributed by atoms with Crippen LogP contribution in [0.5, 0.6) is 0 Å². The molecule has 1 aliphatic heterocycles. The Balaban J connectivity index is 1.63. The lowest BCUT2D eigenvalue weighted by Gasteiger charge is -2.34. The molecule has 0 saturated carbocycles. The Kier molecular flexibility index (Phi) is 5.90. The summed E-state index contributed by atoms with van der Waals surface area (Å²) >= 11 is 1.12. The van der Waals surface area contributed by atoms with Crippen LogP contribution in [-0.2, 0) is 32.5 Å². The number of carbonyl (C=O) groups excluding carboxylic acids is 2. The number of methoxy groups -OCH3 is 1. The maximum absolute atomic E-state index is 13.3. The Labute approximate surface area is 184 Å². The molecule has 4 rings (SSSR count). The zero-order chi connectivity index (χ0) is 22.0. The smallest absolute Gasteiger partial charge is 0.337 e. The quantitative estimate of drug-likeness (QED) is 0.595. The normalized spacial score (nSPS) is 16.4. The van der Waals surface area contributed by atoms with Gasteiger partial charge in [0.1, 0.15) is 10.3 Å². The molecule has 7 nitrogen and oxygen atoms in total. The minimum atomic E-state index is -3.84. The number of nitrogens with one attached hydrogen (secondary N) is 1. The summed E-state index contributed by atoms with van der Waals surface area (Å²) in [6.07, 6.45) is 0.271. The van der Waals surface area contributed by atoms with Crippen LogP contribution >= 0.6 is 11.3 Å². The van der Waals surface area contributed by atoms with Gasteiger partial charge in [0, 0.05) is 12.2 Å². The number of carbonyl (C=O) groups is 2. The molecule has 0 bridgehead atoms. The fourth-order valence-electron chi connectivity index (χ4n) is 3.53. The maximum atomic E-state index is 13.3. The third-order valence-electron chi connectivity index (χ3n) is 5.14. The Bertz CT molecular complexity index is 1200. The van der Waals surface area contributed by atoms with Crippen LogP contribution in [0.2, 0.25) is 0 Å². The second-order valence-electron chi connectivity index (χ2n) is 7.03. The molecule has 1 aromatic heterocycles. The lowest BCUT2D eigenvalue weighted by Crippen LogP contribution is -2.50. The summed E-state index contributed by atoms with van der Waals surface area (Å²) in [4.78, 5) is 24.8. The van der Waals surface area contributed by atoms with Crippen LogP contribution in [0.4, 0.5) is 5.69 Å². The van der Waals surface area contributed by atoms with E-state index >= 15 is 0 Å². The number of sulfonamides is 1. The molecule has 0 saturated heterocycles. The molecule has 1 amide bonds. The second-order valence-corrected chi connectivity index (χ2v) is 10.1. The van der Waals surface area contributed by atoms with E-state index in [1.54, 1.807) is 29.6 Å². The standard InChI is InChI=1S/C22H20N2O5S2/c1-29-22(26)15-8-10-18(11-9-15)23-21(25)19-13-16-5-2-3-6-17(16)14-24(19)31(27,28)20-7-4-12-30-20/h2-12,19H,13-14H2,1H3,(H,23,25). The first-order chi connectivity index (χ1) is 14.9. The summed E-state index contributed by atoms with van der Waals surface area (Å²) in [7, 11) is -2.55. The van der Waals surface area contributed by atoms with Crippen LogP contribution in [0.1, 0.15) is 21.5 Å². The highest BCUT2D eigenvalue weighted by Crippen LogP contribution is 2.31. The molecule has 1 atom stereocenters. The topological polar surface area (TPSA) is 92.8 Å². The Hall–Kier alpha value is -3.01. The van der Waals surface area contributed by atoms with Crippen LogP contribution in [0.25, 0.3) is 0 Å². The van der Waals surface area contributed by atoms with Gasteiger partial charge in [0.2, 0.25) is 5.91 Å². The predicted molar refractivity (Wildman–Crippen MR) is 117 cm³/mol. The minimum absolute atomic E-state index is 0.121. The van der Waals surface area contributed by atoms with Crippen molar-refractivity contribution in [2.45, 2.75) is 23.2 Å². The molecule has 0 radical (unpaired) electrons. The van der Waals surface area contributed by atoms with E-state index in [4.69, 9.17) is 0 Å². The first-order valence-electron chi connectivity index (χ1n) is 9.51. The highest BCUT2D eigenvalue weighted by molar-refractivity contribution is 7.91. The zero-order valence-electron chi connectivity index (χ0n) is 16.6. The summed E-state index contributed by atoms with van der Waals surface area (Å²) in [6, 6.07) is 16.1. The summed E-state index contributed by atoms with van der Waals surface area (Å²) in [5.74, 6) is -0.907. The van der Waals surface area contributed by atoms with Gasteiger partial charge in [0.25, 0.3) is 10.0 Å². The van der Waals surface area contributed by atoms with Crippen LogP contribution in [0.3, 0.4) is 0 Å². The average molecular weight is 457 g/mol. The number of amides is 1. The van der Waals surface area contributed by atoms with Gasteiger partial charge in [-0.15, -0.1) is 11.3 Å². The van der Waals surface area contributed by atoms with Gasteiger partial charge < -0.3 is 10.1 Å². The van der Waals surface area contributed by atoms with Crippen molar-refractivity contribution in [3.63, 3.8) is 0 Å². The highest BCUT2D eigenvalue weighted by atomic mass is 32.2. The molecule has 1 unspecified atom stereocenters. The molecule has 2 heterocycles. The van der Waals surface area contributed by atoms with E-state index in [9.17, 15) is 18.0 Å². The Morgan fingerprint density at radius 1 is 1.03 bits per heavy atom. The van der Waals surface area contributed by atoms with Gasteiger partial charge in [-0.3, -0.25) is 4.79 Å². The van der Waals surface area contributed by atoms with Crippen molar-refractivity contribution in [2.75, 3.05) is 12.4 Å². The lowest BCUT2D eigenvalue weighted by molar-refractivity contribution is -0.120. The number of benzene rings is 2. The SMILES string of the molecule is COC(=O)c1ccc(NC(=O)C2Cc3ccccc3CN2S(=O)(=O)c2cccs2)cc1. The summed E-state index contributed by atoms with van der Waals surface area (Å²) in [5, 5.41) is 4.48. The molecular formula is C22H20N2O5S2. The monoisotopic (exact) mass is 456 g/mol. The second kappa shape index (κ2) is 8.62. The Morgan fingerprint density at radius 2 is 1.74 bits per heavy atom. The van der Waals surface area contributed by atoms with E-state index in [0.29, 0.717) is 11.3 Å². The van der Waals surface area contributed by atoms with E-state index < -0.39 is 27.9 Å². The van der Waals surface area contributed by atoms with Crippen LogP contribution in [0, 0.1) is 0 Å². The summed E-state index contributed by atoms with van der Waals surface area (Å²) in [5.41, 5.74) is 2.65. The number of thiophene rings is 1. The van der Waals surface area contributed by atoms with Crippen molar-refractivity contribution in [3.8, 4) is 0 Å². The predicted octanol–water partition coefficient (Wildman–Crippen LogP) is 3.29. The van der Waals surface area contributed by atoms with Crippen molar-refractivity contribution in [1.29, 1.82) is 0 Å². The van der Waals surface area contributed by atoms with Gasteiger partial charge in [0.15, 0.2) is 0 Å². The van der Waals surface area contributed by atoms with Crippen molar-refractivity contribution in [3.05, 3.63) is 82.7 Å². The van der Waals surface area contributed by atoms with E-state index in [-0.39, 0.29) is 17.2 Å². The van der Waals surface area contributed by atoms with Crippen molar-refractivity contribution in [1.82, 2.24) is 4.31 Å². The van der Waals surface area contributed by atoms with Gasteiger partial charge in [0.05, 0.1) is 12.7 Å². The molecule has 0 spiro atoms. The number of nitrogens with zero attached hydrogens (tertiary/aromatic N) is 1. The van der Waals surface area contributed by atoms with Gasteiger partial charge in [-0.05, 0) is 53.3 Å².